The molecule has 0 fully saturated rings. The van der Waals surface area contributed by atoms with Gasteiger partial charge in [-0.05, 0) is 71.2 Å². The second-order valence-electron chi connectivity index (χ2n) is 7.59. The van der Waals surface area contributed by atoms with Gasteiger partial charge in [-0.1, -0.05) is 6.07 Å². The second-order valence-corrected chi connectivity index (χ2v) is 15.1. The lowest BCUT2D eigenvalue weighted by atomic mass is 10.1. The quantitative estimate of drug-likeness (QED) is 0.674. The van der Waals surface area contributed by atoms with Crippen molar-refractivity contribution < 1.29 is 25.3 Å². The van der Waals surface area contributed by atoms with Gasteiger partial charge in [-0.2, -0.15) is 0 Å². The predicted molar refractivity (Wildman–Crippen MR) is 111 cm³/mol. The van der Waals surface area contributed by atoms with Crippen LogP contribution in [0, 0.1) is 0 Å². The highest BCUT2D eigenvalue weighted by atomic mass is 32.2. The molecule has 2 aromatic rings. The van der Waals surface area contributed by atoms with Crippen LogP contribution >= 0.6 is 0 Å². The van der Waals surface area contributed by atoms with E-state index in [1.54, 1.807) is 13.8 Å². The zero-order valence-corrected chi connectivity index (χ0v) is 19.2. The van der Waals surface area contributed by atoms with Gasteiger partial charge in [0, 0.05) is 5.39 Å². The Labute approximate surface area is 167 Å². The maximum absolute atomic E-state index is 12.9. The molecule has 0 atom stereocenters. The molecule has 0 saturated heterocycles. The molecule has 0 aromatic heterocycles. The van der Waals surface area contributed by atoms with Gasteiger partial charge in [0.25, 0.3) is 0 Å². The summed E-state index contributed by atoms with van der Waals surface area (Å²) in [5.74, 6) is 0. The highest BCUT2D eigenvalue weighted by Gasteiger charge is 2.28. The molecule has 2 aromatic carbocycles. The van der Waals surface area contributed by atoms with E-state index in [1.165, 1.54) is 58.0 Å². The lowest BCUT2D eigenvalue weighted by Gasteiger charge is -2.16. The molecule has 2 rings (SSSR count). The van der Waals surface area contributed by atoms with E-state index < -0.39 is 45.3 Å². The third-order valence-electron chi connectivity index (χ3n) is 4.69. The molecular weight excluding hydrogens is 420 g/mol. The van der Waals surface area contributed by atoms with Crippen LogP contribution in [0.4, 0.5) is 0 Å². The largest absolute Gasteiger partial charge is 0.223 e. The number of sulfone groups is 3. The van der Waals surface area contributed by atoms with E-state index in [0.717, 1.165) is 0 Å². The molecule has 9 heteroatoms. The van der Waals surface area contributed by atoms with Gasteiger partial charge in [-0.25, -0.2) is 25.3 Å². The third kappa shape index (κ3) is 3.84. The monoisotopic (exact) mass is 446 g/mol. The molecule has 0 radical (unpaired) electrons. The summed E-state index contributed by atoms with van der Waals surface area (Å²) in [6.45, 7) is 9.15. The Morgan fingerprint density at radius 1 is 0.571 bits per heavy atom. The van der Waals surface area contributed by atoms with Crippen LogP contribution in [0.25, 0.3) is 10.8 Å². The average molecular weight is 447 g/mol. The van der Waals surface area contributed by atoms with Crippen LogP contribution in [0.3, 0.4) is 0 Å². The standard InChI is InChI=1S/C19H26O6S3/c1-12(2)26(20,21)16-7-8-18-15(9-16)10-17(27(22,23)13(3)4)11-19(18)28(24,25)14(5)6/h7-14H,1-6H3. The van der Waals surface area contributed by atoms with E-state index in [4.69, 9.17) is 0 Å². The number of hydrogen-bond donors (Lipinski definition) is 0. The van der Waals surface area contributed by atoms with Gasteiger partial charge < -0.3 is 0 Å². The highest BCUT2D eigenvalue weighted by Crippen LogP contribution is 2.33. The van der Waals surface area contributed by atoms with Gasteiger partial charge in [0.15, 0.2) is 29.5 Å². The van der Waals surface area contributed by atoms with Crippen molar-refractivity contribution in [2.24, 2.45) is 0 Å². The maximum Gasteiger partial charge on any atom is 0.181 e. The van der Waals surface area contributed by atoms with Crippen LogP contribution in [0.2, 0.25) is 0 Å². The fraction of sp³-hybridized carbons (Fsp3) is 0.474. The SMILES string of the molecule is CC(C)S(=O)(=O)c1ccc2c(S(=O)(=O)C(C)C)cc(S(=O)(=O)C(C)C)cc2c1. The Morgan fingerprint density at radius 3 is 1.46 bits per heavy atom. The first-order valence-corrected chi connectivity index (χ1v) is 13.6. The van der Waals surface area contributed by atoms with Crippen molar-refractivity contribution in [1.29, 1.82) is 0 Å². The van der Waals surface area contributed by atoms with Crippen LogP contribution in [-0.4, -0.2) is 41.0 Å². The summed E-state index contributed by atoms with van der Waals surface area (Å²) in [5.41, 5.74) is 0. The van der Waals surface area contributed by atoms with Crippen LogP contribution in [-0.2, 0) is 29.5 Å². The molecular formula is C19H26O6S3. The number of fused-ring (bicyclic) bond motifs is 1. The predicted octanol–water partition coefficient (Wildman–Crippen LogP) is 3.39. The average Bonchev–Trinajstić information content (AvgIpc) is 2.59. The molecule has 0 heterocycles. The number of rotatable bonds is 6. The lowest BCUT2D eigenvalue weighted by molar-refractivity contribution is 0.585. The molecule has 0 saturated carbocycles. The molecule has 0 spiro atoms. The van der Waals surface area contributed by atoms with Gasteiger partial charge in [-0.3, -0.25) is 0 Å². The smallest absolute Gasteiger partial charge is 0.181 e. The van der Waals surface area contributed by atoms with Crippen LogP contribution in [0.1, 0.15) is 41.5 Å². The molecule has 0 amide bonds. The normalized spacial score (nSPS) is 13.8. The molecule has 0 unspecified atom stereocenters. The summed E-state index contributed by atoms with van der Waals surface area (Å²) >= 11 is 0. The summed E-state index contributed by atoms with van der Waals surface area (Å²) in [6, 6.07) is 6.69. The Kier molecular flexibility index (Phi) is 6.05. The van der Waals surface area contributed by atoms with Crippen molar-refractivity contribution >= 4 is 40.3 Å². The fourth-order valence-corrected chi connectivity index (χ4v) is 6.24. The fourth-order valence-electron chi connectivity index (χ4n) is 2.66. The zero-order chi connectivity index (χ0) is 21.7. The van der Waals surface area contributed by atoms with Crippen molar-refractivity contribution in [2.45, 2.75) is 72.0 Å². The van der Waals surface area contributed by atoms with Crippen molar-refractivity contribution in [3.05, 3.63) is 30.3 Å². The van der Waals surface area contributed by atoms with Gasteiger partial charge in [-0.15, -0.1) is 0 Å². The second kappa shape index (κ2) is 7.42. The van der Waals surface area contributed by atoms with Crippen LogP contribution in [0.5, 0.6) is 0 Å². The summed E-state index contributed by atoms with van der Waals surface area (Å²) in [6.07, 6.45) is 0. The van der Waals surface area contributed by atoms with E-state index in [1.807, 2.05) is 0 Å². The molecule has 0 aliphatic heterocycles. The van der Waals surface area contributed by atoms with Gasteiger partial charge in [0.05, 0.1) is 30.4 Å². The van der Waals surface area contributed by atoms with Crippen molar-refractivity contribution in [2.75, 3.05) is 0 Å². The van der Waals surface area contributed by atoms with Crippen LogP contribution < -0.4 is 0 Å². The Hall–Kier alpha value is -1.45. The first-order valence-electron chi connectivity index (χ1n) is 8.93. The first-order chi connectivity index (χ1) is 12.6. The van der Waals surface area contributed by atoms with E-state index in [9.17, 15) is 25.3 Å². The first kappa shape index (κ1) is 22.8. The number of benzene rings is 2. The minimum Gasteiger partial charge on any atom is -0.223 e. The Morgan fingerprint density at radius 2 is 1.00 bits per heavy atom. The van der Waals surface area contributed by atoms with Crippen molar-refractivity contribution in [1.82, 2.24) is 0 Å². The third-order valence-corrected chi connectivity index (χ3v) is 11.2. The maximum atomic E-state index is 12.9. The zero-order valence-electron chi connectivity index (χ0n) is 16.8. The molecule has 0 aliphatic rings. The minimum atomic E-state index is -3.79. The summed E-state index contributed by atoms with van der Waals surface area (Å²) < 4.78 is 76.2. The van der Waals surface area contributed by atoms with E-state index in [2.05, 4.69) is 0 Å². The highest BCUT2D eigenvalue weighted by molar-refractivity contribution is 7.93. The van der Waals surface area contributed by atoms with Gasteiger partial charge in [0.2, 0.25) is 0 Å². The lowest BCUT2D eigenvalue weighted by Crippen LogP contribution is -2.18. The number of hydrogen-bond acceptors (Lipinski definition) is 6. The molecule has 0 N–H and O–H groups in total. The molecule has 0 aliphatic carbocycles. The topological polar surface area (TPSA) is 102 Å². The van der Waals surface area contributed by atoms with Crippen molar-refractivity contribution in [3.8, 4) is 0 Å². The molecule has 6 nitrogen and oxygen atoms in total. The Bertz CT molecular complexity index is 1210. The van der Waals surface area contributed by atoms with E-state index >= 15 is 0 Å². The Balaban J connectivity index is 3.00. The van der Waals surface area contributed by atoms with E-state index in [0.29, 0.717) is 5.39 Å². The summed E-state index contributed by atoms with van der Waals surface area (Å²) in [7, 11) is -11.1. The van der Waals surface area contributed by atoms with Crippen LogP contribution in [0.15, 0.2) is 45.0 Å². The van der Waals surface area contributed by atoms with Crippen molar-refractivity contribution in [3.63, 3.8) is 0 Å². The molecule has 156 valence electrons. The minimum absolute atomic E-state index is 0.0296. The van der Waals surface area contributed by atoms with Gasteiger partial charge >= 0.3 is 0 Å². The molecule has 28 heavy (non-hydrogen) atoms. The van der Waals surface area contributed by atoms with E-state index in [-0.39, 0.29) is 20.1 Å². The summed E-state index contributed by atoms with van der Waals surface area (Å²) in [5, 5.41) is -1.60. The molecule has 0 bridgehead atoms. The van der Waals surface area contributed by atoms with Gasteiger partial charge in [0.1, 0.15) is 0 Å². The summed E-state index contributed by atoms with van der Waals surface area (Å²) in [4.78, 5) is -0.206.